The highest BCUT2D eigenvalue weighted by Gasteiger charge is 2.35. The number of hydrogen-bond acceptors (Lipinski definition) is 4. The third-order valence-electron chi connectivity index (χ3n) is 4.77. The molecule has 3 aromatic rings. The molecule has 2 amide bonds. The smallest absolute Gasteiger partial charge is 0.335 e. The summed E-state index contributed by atoms with van der Waals surface area (Å²) < 4.78 is 1.78. The Balaban J connectivity index is 1.60. The normalized spacial score (nSPS) is 15.2. The molecule has 0 unspecified atom stereocenters. The lowest BCUT2D eigenvalue weighted by Crippen LogP contribution is -2.27. The Hall–Kier alpha value is -3.58. The number of aryl methyl sites for hydroxylation is 1. The van der Waals surface area contributed by atoms with Gasteiger partial charge in [-0.2, -0.15) is 0 Å². The maximum absolute atomic E-state index is 12.8. The van der Waals surface area contributed by atoms with Gasteiger partial charge in [0, 0.05) is 17.6 Å². The summed E-state index contributed by atoms with van der Waals surface area (Å²) in [7, 11) is 0. The second kappa shape index (κ2) is 8.04. The summed E-state index contributed by atoms with van der Waals surface area (Å²) in [5, 5.41) is 8.92. The van der Waals surface area contributed by atoms with E-state index < -0.39 is 5.97 Å². The molecule has 0 bridgehead atoms. The summed E-state index contributed by atoms with van der Waals surface area (Å²) in [6.45, 7) is 2.21. The zero-order valence-corrected chi connectivity index (χ0v) is 16.9. The Labute approximate surface area is 177 Å². The molecule has 1 aliphatic rings. The first-order chi connectivity index (χ1) is 14.4. The monoisotopic (exact) mass is 418 g/mol. The zero-order chi connectivity index (χ0) is 21.3. The van der Waals surface area contributed by atoms with Crippen molar-refractivity contribution in [2.75, 3.05) is 0 Å². The van der Waals surface area contributed by atoms with Crippen molar-refractivity contribution < 1.29 is 19.5 Å². The topological polar surface area (TPSA) is 79.6 Å². The summed E-state index contributed by atoms with van der Waals surface area (Å²) in [6, 6.07) is 17.8. The minimum absolute atomic E-state index is 0.172. The predicted molar refractivity (Wildman–Crippen MR) is 115 cm³/mol. The first kappa shape index (κ1) is 19.7. The molecule has 1 saturated heterocycles. The van der Waals surface area contributed by atoms with Crippen LogP contribution in [0.5, 0.6) is 0 Å². The minimum Gasteiger partial charge on any atom is -0.478 e. The molecule has 2 heterocycles. The van der Waals surface area contributed by atoms with Crippen molar-refractivity contribution >= 4 is 35.0 Å². The molecular formula is C23H18N2O4S. The predicted octanol–water partition coefficient (Wildman–Crippen LogP) is 4.72. The number of carboxylic acids is 1. The van der Waals surface area contributed by atoms with Crippen molar-refractivity contribution in [3.8, 4) is 5.69 Å². The van der Waals surface area contributed by atoms with Gasteiger partial charge in [0.1, 0.15) is 0 Å². The molecule has 150 valence electrons. The van der Waals surface area contributed by atoms with Crippen LogP contribution in [-0.4, -0.2) is 31.7 Å². The van der Waals surface area contributed by atoms with Crippen LogP contribution in [0.25, 0.3) is 11.8 Å². The van der Waals surface area contributed by atoms with Gasteiger partial charge in [-0.25, -0.2) is 4.79 Å². The van der Waals surface area contributed by atoms with Crippen LogP contribution in [-0.2, 0) is 11.3 Å². The van der Waals surface area contributed by atoms with Gasteiger partial charge in [0.05, 0.1) is 17.0 Å². The lowest BCUT2D eigenvalue weighted by Gasteiger charge is -2.12. The van der Waals surface area contributed by atoms with Crippen LogP contribution in [0.4, 0.5) is 4.79 Å². The molecule has 1 aliphatic heterocycles. The lowest BCUT2D eigenvalue weighted by atomic mass is 10.1. The van der Waals surface area contributed by atoms with Crippen LogP contribution in [0.3, 0.4) is 0 Å². The lowest BCUT2D eigenvalue weighted by molar-refractivity contribution is -0.123. The molecule has 0 radical (unpaired) electrons. The summed E-state index contributed by atoms with van der Waals surface area (Å²) in [6.07, 6.45) is 3.44. The van der Waals surface area contributed by atoms with Gasteiger partial charge < -0.3 is 9.67 Å². The van der Waals surface area contributed by atoms with Gasteiger partial charge in [-0.1, -0.05) is 35.9 Å². The van der Waals surface area contributed by atoms with Gasteiger partial charge >= 0.3 is 5.97 Å². The molecule has 30 heavy (non-hydrogen) atoms. The van der Waals surface area contributed by atoms with Gasteiger partial charge in [-0.15, -0.1) is 0 Å². The van der Waals surface area contributed by atoms with Crippen molar-refractivity contribution in [2.45, 2.75) is 13.5 Å². The van der Waals surface area contributed by atoms with Gasteiger partial charge in [0.15, 0.2) is 0 Å². The second-order valence-corrected chi connectivity index (χ2v) is 7.91. The molecule has 1 fully saturated rings. The fourth-order valence-corrected chi connectivity index (χ4v) is 4.01. The maximum Gasteiger partial charge on any atom is 0.335 e. The minimum atomic E-state index is -1.01. The Morgan fingerprint density at radius 2 is 1.83 bits per heavy atom. The van der Waals surface area contributed by atoms with Crippen molar-refractivity contribution in [2.24, 2.45) is 0 Å². The van der Waals surface area contributed by atoms with Crippen LogP contribution >= 0.6 is 11.8 Å². The second-order valence-electron chi connectivity index (χ2n) is 6.91. The molecule has 6 nitrogen and oxygen atoms in total. The summed E-state index contributed by atoms with van der Waals surface area (Å²) >= 11 is 0.905. The summed E-state index contributed by atoms with van der Waals surface area (Å²) in [5.74, 6) is -1.35. The molecule has 7 heteroatoms. The molecule has 0 atom stereocenters. The van der Waals surface area contributed by atoms with E-state index in [-0.39, 0.29) is 23.3 Å². The van der Waals surface area contributed by atoms with E-state index in [0.29, 0.717) is 16.3 Å². The molecule has 2 aromatic carbocycles. The van der Waals surface area contributed by atoms with Crippen molar-refractivity contribution in [3.63, 3.8) is 0 Å². The number of nitrogens with zero attached hydrogens (tertiary/aromatic N) is 2. The molecular weight excluding hydrogens is 400 g/mol. The van der Waals surface area contributed by atoms with E-state index in [0.717, 1.165) is 22.9 Å². The number of aromatic nitrogens is 1. The van der Waals surface area contributed by atoms with Crippen molar-refractivity contribution in [1.82, 2.24) is 9.47 Å². The molecule has 4 rings (SSSR count). The average Bonchev–Trinajstić information content (AvgIpc) is 3.30. The maximum atomic E-state index is 12.8. The van der Waals surface area contributed by atoms with E-state index in [4.69, 9.17) is 0 Å². The molecule has 1 N–H and O–H groups in total. The Bertz CT molecular complexity index is 1180. The van der Waals surface area contributed by atoms with Crippen LogP contribution < -0.4 is 0 Å². The quantitative estimate of drug-likeness (QED) is 0.607. The van der Waals surface area contributed by atoms with E-state index in [1.807, 2.05) is 31.2 Å². The fourth-order valence-electron chi connectivity index (χ4n) is 3.18. The van der Waals surface area contributed by atoms with Crippen molar-refractivity contribution in [1.29, 1.82) is 0 Å². The van der Waals surface area contributed by atoms with E-state index >= 15 is 0 Å². The number of rotatable bonds is 5. The summed E-state index contributed by atoms with van der Waals surface area (Å²) in [4.78, 5) is 38.1. The SMILES string of the molecule is Cc1ccc(CN2C(=O)S/C(=C\c3cccn3-c3cccc(C(=O)O)c3)C2=O)cc1. The summed E-state index contributed by atoms with van der Waals surface area (Å²) in [5.41, 5.74) is 3.51. The zero-order valence-electron chi connectivity index (χ0n) is 16.1. The standard InChI is InChI=1S/C23H18N2O4S/c1-15-7-9-16(10-8-15)14-25-21(26)20(30-23(25)29)13-19-6-3-11-24(19)18-5-2-4-17(12-18)22(27)28/h2-13H,14H2,1H3,(H,27,28)/b20-13-. The van der Waals surface area contributed by atoms with Crippen LogP contribution in [0.15, 0.2) is 71.8 Å². The largest absolute Gasteiger partial charge is 0.478 e. The van der Waals surface area contributed by atoms with Gasteiger partial charge in [0.25, 0.3) is 11.1 Å². The highest BCUT2D eigenvalue weighted by Crippen LogP contribution is 2.33. The number of hydrogen-bond donors (Lipinski definition) is 1. The molecule has 1 aromatic heterocycles. The third-order valence-corrected chi connectivity index (χ3v) is 5.67. The number of aromatic carboxylic acids is 1. The van der Waals surface area contributed by atoms with Crippen LogP contribution in [0, 0.1) is 6.92 Å². The molecule has 0 spiro atoms. The van der Waals surface area contributed by atoms with Gasteiger partial charge in [0.2, 0.25) is 0 Å². The number of amides is 2. The Morgan fingerprint density at radius 1 is 1.07 bits per heavy atom. The number of thioether (sulfide) groups is 1. The first-order valence-electron chi connectivity index (χ1n) is 9.24. The van der Waals surface area contributed by atoms with E-state index in [9.17, 15) is 19.5 Å². The molecule has 0 saturated carbocycles. The number of carboxylic acid groups (broad SMARTS) is 1. The van der Waals surface area contributed by atoms with E-state index in [1.165, 1.54) is 11.0 Å². The number of benzene rings is 2. The van der Waals surface area contributed by atoms with Crippen molar-refractivity contribution in [3.05, 3.63) is 94.1 Å². The highest BCUT2D eigenvalue weighted by atomic mass is 32.2. The Morgan fingerprint density at radius 3 is 2.57 bits per heavy atom. The average molecular weight is 418 g/mol. The van der Waals surface area contributed by atoms with Crippen LogP contribution in [0.1, 0.15) is 27.2 Å². The fraction of sp³-hybridized carbons (Fsp3) is 0.0870. The highest BCUT2D eigenvalue weighted by molar-refractivity contribution is 8.18. The number of carbonyl (C=O) groups excluding carboxylic acids is 2. The van der Waals surface area contributed by atoms with E-state index in [2.05, 4.69) is 0 Å². The number of imide groups is 1. The molecule has 0 aliphatic carbocycles. The first-order valence-corrected chi connectivity index (χ1v) is 10.1. The van der Waals surface area contributed by atoms with Gasteiger partial charge in [-0.3, -0.25) is 14.5 Å². The van der Waals surface area contributed by atoms with Crippen LogP contribution in [0.2, 0.25) is 0 Å². The van der Waals surface area contributed by atoms with Gasteiger partial charge in [-0.05, 0) is 60.7 Å². The van der Waals surface area contributed by atoms with E-state index in [1.54, 1.807) is 47.2 Å². The third kappa shape index (κ3) is 3.92. The number of carbonyl (C=O) groups is 3. The Kier molecular flexibility index (Phi) is 5.29.